The molecule has 210 valence electrons. The summed E-state index contributed by atoms with van der Waals surface area (Å²) in [5, 5.41) is 0. The summed E-state index contributed by atoms with van der Waals surface area (Å²) in [5.74, 6) is 0.391. The van der Waals surface area contributed by atoms with Crippen LogP contribution < -0.4 is 15.0 Å². The minimum absolute atomic E-state index is 0.0555. The van der Waals surface area contributed by atoms with Crippen LogP contribution in [-0.2, 0) is 13.1 Å². The summed E-state index contributed by atoms with van der Waals surface area (Å²) in [5.41, 5.74) is 11.8. The van der Waals surface area contributed by atoms with Crippen molar-refractivity contribution in [1.82, 2.24) is 14.0 Å². The Hall–Kier alpha value is -4.20. The van der Waals surface area contributed by atoms with Crippen molar-refractivity contribution in [2.24, 2.45) is 5.73 Å². The van der Waals surface area contributed by atoms with Gasteiger partial charge in [0.25, 0.3) is 5.91 Å². The van der Waals surface area contributed by atoms with Gasteiger partial charge in [-0.05, 0) is 62.3 Å². The largest absolute Gasteiger partial charge is 0.496 e. The summed E-state index contributed by atoms with van der Waals surface area (Å²) in [4.78, 5) is 29.6. The van der Waals surface area contributed by atoms with Crippen molar-refractivity contribution in [3.8, 4) is 16.9 Å². The molecule has 41 heavy (non-hydrogen) atoms. The lowest BCUT2D eigenvalue weighted by Crippen LogP contribution is -2.55. The fourth-order valence-corrected chi connectivity index (χ4v) is 6.76. The van der Waals surface area contributed by atoms with E-state index in [1.165, 1.54) is 6.42 Å². The molecule has 7 nitrogen and oxygen atoms in total. The molecule has 0 radical (unpaired) electrons. The molecule has 2 N–H and O–H groups in total. The van der Waals surface area contributed by atoms with Crippen LogP contribution >= 0.6 is 0 Å². The van der Waals surface area contributed by atoms with Gasteiger partial charge in [-0.3, -0.25) is 4.79 Å². The maximum Gasteiger partial charge on any atom is 0.351 e. The van der Waals surface area contributed by atoms with Gasteiger partial charge < -0.3 is 19.9 Å². The van der Waals surface area contributed by atoms with Crippen molar-refractivity contribution in [1.29, 1.82) is 0 Å². The van der Waals surface area contributed by atoms with Crippen LogP contribution in [0.4, 0.5) is 5.69 Å². The Morgan fingerprint density at radius 2 is 1.73 bits per heavy atom. The molecule has 0 saturated carbocycles. The van der Waals surface area contributed by atoms with E-state index in [1.54, 1.807) is 13.2 Å². The highest BCUT2D eigenvalue weighted by Gasteiger charge is 2.45. The molecular formula is C34H37N4O3+. The normalized spacial score (nSPS) is 20.2. The SMILES string of the molecule is COc1ccccc1-c1ccc(C(=O)[N+]2(CCC3CCCN3C)Cc3ccc(C(N)=O)n3Cc3ccccc32)cc1. The van der Waals surface area contributed by atoms with Gasteiger partial charge in [0.15, 0.2) is 0 Å². The van der Waals surface area contributed by atoms with Crippen LogP contribution in [0.25, 0.3) is 11.1 Å². The van der Waals surface area contributed by atoms with Crippen LogP contribution in [0.2, 0.25) is 0 Å². The van der Waals surface area contributed by atoms with Gasteiger partial charge in [-0.1, -0.05) is 48.5 Å². The Kier molecular flexibility index (Phi) is 7.24. The second-order valence-electron chi connectivity index (χ2n) is 11.3. The van der Waals surface area contributed by atoms with E-state index >= 15 is 0 Å². The lowest BCUT2D eigenvalue weighted by molar-refractivity contribution is 0.0735. The Bertz CT molecular complexity index is 1590. The molecule has 1 aromatic heterocycles. The monoisotopic (exact) mass is 549 g/mol. The van der Waals surface area contributed by atoms with E-state index < -0.39 is 5.91 Å². The van der Waals surface area contributed by atoms with Gasteiger partial charge in [0.1, 0.15) is 23.7 Å². The lowest BCUT2D eigenvalue weighted by atomic mass is 10.00. The van der Waals surface area contributed by atoms with Crippen molar-refractivity contribution in [3.63, 3.8) is 0 Å². The third kappa shape index (κ3) is 4.85. The van der Waals surface area contributed by atoms with E-state index in [4.69, 9.17) is 10.5 Å². The second kappa shape index (κ2) is 11.0. The maximum absolute atomic E-state index is 14.9. The van der Waals surface area contributed by atoms with Gasteiger partial charge in [-0.25, -0.2) is 9.28 Å². The fourth-order valence-electron chi connectivity index (χ4n) is 6.76. The number of primary amides is 1. The van der Waals surface area contributed by atoms with Crippen LogP contribution in [-0.4, -0.2) is 54.6 Å². The smallest absolute Gasteiger partial charge is 0.351 e. The Morgan fingerprint density at radius 3 is 2.46 bits per heavy atom. The molecule has 2 amide bonds. The van der Waals surface area contributed by atoms with E-state index in [1.807, 2.05) is 71.3 Å². The molecule has 1 fully saturated rings. The molecule has 0 spiro atoms. The molecule has 6 rings (SSSR count). The number of ether oxygens (including phenoxy) is 1. The number of hydrogen-bond donors (Lipinski definition) is 1. The molecule has 7 heteroatoms. The summed E-state index contributed by atoms with van der Waals surface area (Å²) in [6, 6.07) is 28.2. The number of hydrogen-bond acceptors (Lipinski definition) is 4. The highest BCUT2D eigenvalue weighted by Crippen LogP contribution is 2.38. The quantitative estimate of drug-likeness (QED) is 0.311. The maximum atomic E-state index is 14.9. The van der Waals surface area contributed by atoms with E-state index in [9.17, 15) is 9.59 Å². The zero-order chi connectivity index (χ0) is 28.6. The molecule has 2 aliphatic rings. The van der Waals surface area contributed by atoms with Crippen LogP contribution in [0.1, 0.15) is 51.4 Å². The highest BCUT2D eigenvalue weighted by atomic mass is 16.5. The summed E-state index contributed by atoms with van der Waals surface area (Å²) in [7, 11) is 3.85. The van der Waals surface area contributed by atoms with Crippen molar-refractivity contribution >= 4 is 17.5 Å². The third-order valence-electron chi connectivity index (χ3n) is 8.99. The van der Waals surface area contributed by atoms with Crippen molar-refractivity contribution in [3.05, 3.63) is 107 Å². The minimum atomic E-state index is -0.459. The summed E-state index contributed by atoms with van der Waals surface area (Å²) in [6.45, 7) is 2.70. The average molecular weight is 550 g/mol. The number of rotatable bonds is 7. The standard InChI is InChI=1S/C34H36N4O3/c1-36-20-7-9-27(36)19-21-38(34(40)25-15-13-24(14-16-25)29-10-4-6-12-32(29)41-2)23-28-17-18-30(33(35)39)37(28)22-26-8-3-5-11-31(26)38/h3-6,8,10-18,27H,7,9,19-23H2,1-2H3,(H-,35,39)/p+1. The number of likely N-dealkylation sites (tertiary alicyclic amines) is 1. The third-order valence-corrected chi connectivity index (χ3v) is 8.99. The van der Waals surface area contributed by atoms with E-state index in [2.05, 4.69) is 24.1 Å². The van der Waals surface area contributed by atoms with Crippen molar-refractivity contribution < 1.29 is 14.3 Å². The predicted octanol–water partition coefficient (Wildman–Crippen LogP) is 5.46. The summed E-state index contributed by atoms with van der Waals surface area (Å²) in [6.07, 6.45) is 3.22. The number of aromatic nitrogens is 1. The summed E-state index contributed by atoms with van der Waals surface area (Å²) >= 11 is 0. The zero-order valence-corrected chi connectivity index (χ0v) is 23.8. The highest BCUT2D eigenvalue weighted by molar-refractivity contribution is 6.03. The number of nitrogens with two attached hydrogens (primary N) is 1. The molecule has 2 unspecified atom stereocenters. The molecule has 0 aliphatic carbocycles. The Labute approximate surface area is 241 Å². The number of benzene rings is 3. The van der Waals surface area contributed by atoms with Gasteiger partial charge >= 0.3 is 5.91 Å². The van der Waals surface area contributed by atoms with E-state index in [0.717, 1.165) is 53.2 Å². The number of fused-ring (bicyclic) bond motifs is 2. The van der Waals surface area contributed by atoms with Crippen LogP contribution in [0, 0.1) is 0 Å². The first kappa shape index (κ1) is 27.0. The van der Waals surface area contributed by atoms with Crippen molar-refractivity contribution in [2.45, 2.75) is 38.4 Å². The van der Waals surface area contributed by atoms with Gasteiger partial charge in [0.2, 0.25) is 0 Å². The Balaban J connectivity index is 1.46. The van der Waals surface area contributed by atoms with Gasteiger partial charge in [-0.2, -0.15) is 0 Å². The average Bonchev–Trinajstić information content (AvgIpc) is 3.56. The molecular weight excluding hydrogens is 512 g/mol. The van der Waals surface area contributed by atoms with Crippen LogP contribution in [0.15, 0.2) is 84.9 Å². The fraction of sp³-hybridized carbons (Fsp3) is 0.294. The molecule has 2 atom stereocenters. The summed E-state index contributed by atoms with van der Waals surface area (Å²) < 4.78 is 7.72. The molecule has 0 bridgehead atoms. The number of quaternary nitrogens is 1. The van der Waals surface area contributed by atoms with E-state index in [-0.39, 0.29) is 10.4 Å². The number of carbonyl (C=O) groups is 2. The molecule has 3 heterocycles. The van der Waals surface area contributed by atoms with E-state index in [0.29, 0.717) is 36.9 Å². The molecule has 4 aromatic rings. The number of nitrogens with zero attached hydrogens (tertiary/aromatic N) is 3. The molecule has 3 aromatic carbocycles. The first-order valence-electron chi connectivity index (χ1n) is 14.3. The van der Waals surface area contributed by atoms with Crippen LogP contribution in [0.5, 0.6) is 5.75 Å². The van der Waals surface area contributed by atoms with Crippen molar-refractivity contribution in [2.75, 3.05) is 27.2 Å². The number of amides is 2. The van der Waals surface area contributed by atoms with Gasteiger partial charge in [-0.15, -0.1) is 0 Å². The van der Waals surface area contributed by atoms with Gasteiger partial charge in [0, 0.05) is 29.7 Å². The Morgan fingerprint density at radius 1 is 0.976 bits per heavy atom. The molecule has 2 aliphatic heterocycles. The zero-order valence-electron chi connectivity index (χ0n) is 23.8. The topological polar surface area (TPSA) is 77.6 Å². The predicted molar refractivity (Wildman–Crippen MR) is 162 cm³/mol. The minimum Gasteiger partial charge on any atom is -0.496 e. The first-order chi connectivity index (χ1) is 19.9. The molecule has 1 saturated heterocycles. The number of carbonyl (C=O) groups excluding carboxylic acids is 2. The number of methoxy groups -OCH3 is 1. The lowest BCUT2D eigenvalue weighted by Gasteiger charge is -2.37. The van der Waals surface area contributed by atoms with Crippen LogP contribution in [0.3, 0.4) is 0 Å². The van der Waals surface area contributed by atoms with Gasteiger partial charge in [0.05, 0.1) is 31.5 Å². The first-order valence-corrected chi connectivity index (χ1v) is 14.3. The number of para-hydroxylation sites is 2. The second-order valence-corrected chi connectivity index (χ2v) is 11.3.